The van der Waals surface area contributed by atoms with Crippen molar-refractivity contribution in [2.75, 3.05) is 6.26 Å². The number of carboxylic acids is 1. The highest BCUT2D eigenvalue weighted by molar-refractivity contribution is 7.99. The van der Waals surface area contributed by atoms with E-state index in [0.29, 0.717) is 5.57 Å². The van der Waals surface area contributed by atoms with Crippen LogP contribution in [0.5, 0.6) is 0 Å². The summed E-state index contributed by atoms with van der Waals surface area (Å²) in [7, 11) is 0. The molecule has 2 aliphatic rings. The van der Waals surface area contributed by atoms with Crippen molar-refractivity contribution in [2.24, 2.45) is 0 Å². The van der Waals surface area contributed by atoms with E-state index >= 15 is 0 Å². The second-order valence-electron chi connectivity index (χ2n) is 5.96. The lowest BCUT2D eigenvalue weighted by molar-refractivity contribution is -0.151. The normalized spacial score (nSPS) is 22.0. The van der Waals surface area contributed by atoms with Gasteiger partial charge in [0.05, 0.1) is 11.1 Å². The van der Waals surface area contributed by atoms with E-state index in [1.54, 1.807) is 44.4 Å². The lowest BCUT2D eigenvalue weighted by Gasteiger charge is -2.48. The van der Waals surface area contributed by atoms with Crippen molar-refractivity contribution in [1.82, 2.24) is 9.80 Å². The van der Waals surface area contributed by atoms with Crippen molar-refractivity contribution in [2.45, 2.75) is 25.3 Å². The highest BCUT2D eigenvalue weighted by atomic mass is 32.2. The van der Waals surface area contributed by atoms with Crippen molar-refractivity contribution in [3.05, 3.63) is 46.7 Å². The fourth-order valence-corrected chi connectivity index (χ4v) is 4.09. The number of fused-ring (bicyclic) bond motifs is 1. The molecular formula is C17H16N2O5S. The van der Waals surface area contributed by atoms with E-state index in [-0.39, 0.29) is 16.8 Å². The first-order valence-corrected chi connectivity index (χ1v) is 8.83. The van der Waals surface area contributed by atoms with E-state index in [1.165, 1.54) is 11.8 Å². The summed E-state index contributed by atoms with van der Waals surface area (Å²) in [5.74, 6) is -2.82. The van der Waals surface area contributed by atoms with E-state index in [0.717, 1.165) is 9.80 Å². The quantitative estimate of drug-likeness (QED) is 0.497. The minimum atomic E-state index is -1.21. The average Bonchev–Trinajstić information content (AvgIpc) is 2.81. The molecule has 130 valence electrons. The minimum absolute atomic E-state index is 0.114. The number of allylic oxidation sites excluding steroid dienone is 1. The number of imide groups is 1. The Labute approximate surface area is 148 Å². The van der Waals surface area contributed by atoms with Gasteiger partial charge in [0.1, 0.15) is 17.1 Å². The van der Waals surface area contributed by atoms with Gasteiger partial charge in [0.2, 0.25) is 0 Å². The zero-order chi connectivity index (χ0) is 18.5. The number of carboxylic acid groups (broad SMARTS) is 1. The van der Waals surface area contributed by atoms with Crippen LogP contribution in [0.15, 0.2) is 35.5 Å². The zero-order valence-corrected chi connectivity index (χ0v) is 14.7. The Morgan fingerprint density at radius 1 is 1.08 bits per heavy atom. The molecule has 0 spiro atoms. The van der Waals surface area contributed by atoms with Crippen LogP contribution < -0.4 is 0 Å². The van der Waals surface area contributed by atoms with E-state index in [9.17, 15) is 24.3 Å². The number of hydrogen-bond donors (Lipinski definition) is 1. The van der Waals surface area contributed by atoms with Crippen LogP contribution >= 0.6 is 11.8 Å². The molecule has 3 rings (SSSR count). The van der Waals surface area contributed by atoms with Gasteiger partial charge in [-0.1, -0.05) is 12.1 Å². The van der Waals surface area contributed by atoms with Crippen LogP contribution in [0.25, 0.3) is 0 Å². The van der Waals surface area contributed by atoms with Gasteiger partial charge in [0, 0.05) is 0 Å². The number of hydrogen-bond acceptors (Lipinski definition) is 5. The molecule has 8 heteroatoms. The van der Waals surface area contributed by atoms with Gasteiger partial charge in [0.15, 0.2) is 0 Å². The third-order valence-electron chi connectivity index (χ3n) is 4.28. The number of β-lactam (4-membered cyclic amide) rings is 1. The fourth-order valence-electron chi connectivity index (χ4n) is 3.18. The summed E-state index contributed by atoms with van der Waals surface area (Å²) < 4.78 is 0. The van der Waals surface area contributed by atoms with E-state index in [2.05, 4.69) is 0 Å². The summed E-state index contributed by atoms with van der Waals surface area (Å²) in [6.45, 7) is 3.20. The summed E-state index contributed by atoms with van der Waals surface area (Å²) in [5, 5.41) is 8.77. The van der Waals surface area contributed by atoms with Crippen LogP contribution in [0, 0.1) is 0 Å². The van der Waals surface area contributed by atoms with Crippen LogP contribution in [0.3, 0.4) is 0 Å². The summed E-state index contributed by atoms with van der Waals surface area (Å²) in [6, 6.07) is 5.39. The molecule has 0 radical (unpaired) electrons. The van der Waals surface area contributed by atoms with Crippen LogP contribution in [0.1, 0.15) is 34.6 Å². The largest absolute Gasteiger partial charge is 0.477 e. The first-order valence-electron chi connectivity index (χ1n) is 7.54. The predicted molar refractivity (Wildman–Crippen MR) is 90.9 cm³/mol. The van der Waals surface area contributed by atoms with E-state index in [1.807, 2.05) is 0 Å². The standard InChI is InChI=1S/C17H16N2O5S/c1-8(2)11(17(23)24)19-15(22)12(16(19)25-3)18-13(20)9-6-4-5-7-10(9)14(18)21/h4-7,12,16H,1-3H3,(H,23,24). The first-order chi connectivity index (χ1) is 11.8. The monoisotopic (exact) mass is 360 g/mol. The molecule has 1 N–H and O–H groups in total. The number of rotatable bonds is 4. The summed E-state index contributed by atoms with van der Waals surface area (Å²) >= 11 is 1.23. The van der Waals surface area contributed by atoms with Crippen molar-refractivity contribution in [3.8, 4) is 0 Å². The number of likely N-dealkylation sites (tertiary alicyclic amines) is 1. The molecule has 1 saturated heterocycles. The van der Waals surface area contributed by atoms with Crippen molar-refractivity contribution in [3.63, 3.8) is 0 Å². The van der Waals surface area contributed by atoms with Gasteiger partial charge in [-0.3, -0.25) is 24.2 Å². The predicted octanol–water partition coefficient (Wildman–Crippen LogP) is 1.56. The van der Waals surface area contributed by atoms with Crippen molar-refractivity contribution in [1.29, 1.82) is 0 Å². The second kappa shape index (κ2) is 6.03. The van der Waals surface area contributed by atoms with Gasteiger partial charge in [-0.05, 0) is 37.8 Å². The number of nitrogens with zero attached hydrogens (tertiary/aromatic N) is 2. The molecule has 2 unspecified atom stereocenters. The number of aliphatic carboxylic acids is 1. The topological polar surface area (TPSA) is 95.0 Å². The Kier molecular flexibility index (Phi) is 4.16. The highest BCUT2D eigenvalue weighted by Crippen LogP contribution is 2.39. The molecule has 0 bridgehead atoms. The van der Waals surface area contributed by atoms with Crippen LogP contribution in [-0.4, -0.2) is 56.3 Å². The minimum Gasteiger partial charge on any atom is -0.477 e. The van der Waals surface area contributed by atoms with Gasteiger partial charge in [-0.25, -0.2) is 4.79 Å². The number of amides is 3. The number of thioether (sulfide) groups is 1. The van der Waals surface area contributed by atoms with Crippen molar-refractivity contribution >= 4 is 35.5 Å². The number of carbonyl (C=O) groups excluding carboxylic acids is 3. The molecule has 7 nitrogen and oxygen atoms in total. The lowest BCUT2D eigenvalue weighted by atomic mass is 10.0. The van der Waals surface area contributed by atoms with Crippen LogP contribution in [0.4, 0.5) is 0 Å². The van der Waals surface area contributed by atoms with Crippen LogP contribution in [-0.2, 0) is 9.59 Å². The molecule has 1 aromatic rings. The highest BCUT2D eigenvalue weighted by Gasteiger charge is 2.58. The molecule has 2 heterocycles. The fraction of sp³-hybridized carbons (Fsp3) is 0.294. The second-order valence-corrected chi connectivity index (χ2v) is 6.91. The van der Waals surface area contributed by atoms with Crippen molar-refractivity contribution < 1.29 is 24.3 Å². The van der Waals surface area contributed by atoms with E-state index in [4.69, 9.17) is 0 Å². The molecule has 1 aromatic carbocycles. The summed E-state index contributed by atoms with van der Waals surface area (Å²) in [4.78, 5) is 51.5. The third kappa shape index (κ3) is 2.36. The maximum Gasteiger partial charge on any atom is 0.352 e. The van der Waals surface area contributed by atoms with Gasteiger partial charge in [-0.2, -0.15) is 0 Å². The molecule has 0 aromatic heterocycles. The molecule has 2 aliphatic heterocycles. The number of benzene rings is 1. The first kappa shape index (κ1) is 17.2. The summed E-state index contributed by atoms with van der Waals surface area (Å²) in [5.41, 5.74) is 0.886. The Balaban J connectivity index is 1.97. The smallest absolute Gasteiger partial charge is 0.352 e. The van der Waals surface area contributed by atoms with Gasteiger partial charge in [-0.15, -0.1) is 11.8 Å². The van der Waals surface area contributed by atoms with Gasteiger partial charge < -0.3 is 5.11 Å². The molecule has 0 saturated carbocycles. The summed E-state index contributed by atoms with van der Waals surface area (Å²) in [6.07, 6.45) is 1.71. The van der Waals surface area contributed by atoms with Gasteiger partial charge >= 0.3 is 5.97 Å². The Morgan fingerprint density at radius 3 is 2.00 bits per heavy atom. The van der Waals surface area contributed by atoms with Crippen LogP contribution in [0.2, 0.25) is 0 Å². The third-order valence-corrected chi connectivity index (χ3v) is 5.23. The molecule has 2 atom stereocenters. The zero-order valence-electron chi connectivity index (χ0n) is 13.8. The van der Waals surface area contributed by atoms with Gasteiger partial charge in [0.25, 0.3) is 17.7 Å². The molecule has 3 amide bonds. The molecule has 0 aliphatic carbocycles. The maximum absolute atomic E-state index is 12.7. The SMILES string of the molecule is CSC1C(N2C(=O)c3ccccc3C2=O)C(=O)N1C(C(=O)O)=C(C)C. The average molecular weight is 360 g/mol. The molecule has 1 fully saturated rings. The maximum atomic E-state index is 12.7. The lowest BCUT2D eigenvalue weighted by Crippen LogP contribution is -2.70. The Bertz CT molecular complexity index is 808. The Morgan fingerprint density at radius 2 is 1.60 bits per heavy atom. The molecule has 25 heavy (non-hydrogen) atoms. The Hall–Kier alpha value is -2.61. The number of carbonyl (C=O) groups is 4. The van der Waals surface area contributed by atoms with E-state index < -0.39 is 35.1 Å². The molecular weight excluding hydrogens is 344 g/mol.